The third-order valence-corrected chi connectivity index (χ3v) is 4.96. The predicted octanol–water partition coefficient (Wildman–Crippen LogP) is 4.50. The standard InChI is InChI=1S/C23H21ClN4O2/c1-15-13-16(2)28(27-15)21-10-9-20(24)22(26-21)23(29)25-11-12-30-19-8-7-17-5-3-4-6-18(17)14-19/h3-10,13-14H,11-12H2,1-2H3,(H,25,29). The van der Waals surface area contributed by atoms with E-state index in [0.29, 0.717) is 19.0 Å². The average Bonchev–Trinajstić information content (AvgIpc) is 3.09. The van der Waals surface area contributed by atoms with Gasteiger partial charge in [-0.15, -0.1) is 0 Å². The molecule has 0 saturated heterocycles. The summed E-state index contributed by atoms with van der Waals surface area (Å²) in [7, 11) is 0. The van der Waals surface area contributed by atoms with E-state index in [2.05, 4.69) is 21.5 Å². The van der Waals surface area contributed by atoms with Crippen LogP contribution in [0.2, 0.25) is 5.02 Å². The number of hydrogen-bond acceptors (Lipinski definition) is 4. The smallest absolute Gasteiger partial charge is 0.271 e. The van der Waals surface area contributed by atoms with E-state index in [1.807, 2.05) is 56.3 Å². The second-order valence-electron chi connectivity index (χ2n) is 6.95. The first kappa shape index (κ1) is 19.9. The molecule has 0 atom stereocenters. The summed E-state index contributed by atoms with van der Waals surface area (Å²) >= 11 is 6.20. The van der Waals surface area contributed by atoms with Gasteiger partial charge in [0.15, 0.2) is 5.82 Å². The highest BCUT2D eigenvalue weighted by molar-refractivity contribution is 6.33. The molecule has 0 radical (unpaired) electrons. The van der Waals surface area contributed by atoms with Crippen LogP contribution < -0.4 is 10.1 Å². The van der Waals surface area contributed by atoms with Gasteiger partial charge in [-0.2, -0.15) is 5.10 Å². The number of fused-ring (bicyclic) bond motifs is 1. The van der Waals surface area contributed by atoms with Crippen LogP contribution in [0.5, 0.6) is 5.75 Å². The fourth-order valence-electron chi connectivity index (χ4n) is 3.24. The maximum Gasteiger partial charge on any atom is 0.271 e. The van der Waals surface area contributed by atoms with Gasteiger partial charge in [0.2, 0.25) is 0 Å². The Morgan fingerprint density at radius 2 is 1.87 bits per heavy atom. The number of pyridine rings is 1. The van der Waals surface area contributed by atoms with Crippen molar-refractivity contribution < 1.29 is 9.53 Å². The highest BCUT2D eigenvalue weighted by atomic mass is 35.5. The second kappa shape index (κ2) is 8.55. The molecule has 4 rings (SSSR count). The molecule has 0 aliphatic heterocycles. The van der Waals surface area contributed by atoms with Crippen molar-refractivity contribution in [1.29, 1.82) is 0 Å². The van der Waals surface area contributed by atoms with Crippen LogP contribution in [0, 0.1) is 13.8 Å². The van der Waals surface area contributed by atoms with Gasteiger partial charge >= 0.3 is 0 Å². The van der Waals surface area contributed by atoms with Gasteiger partial charge < -0.3 is 10.1 Å². The number of carbonyl (C=O) groups excluding carboxylic acids is 1. The molecule has 2 heterocycles. The highest BCUT2D eigenvalue weighted by Crippen LogP contribution is 2.20. The lowest BCUT2D eigenvalue weighted by Crippen LogP contribution is -2.29. The number of aryl methyl sites for hydroxylation is 2. The number of benzene rings is 2. The van der Waals surface area contributed by atoms with Crippen LogP contribution in [0.4, 0.5) is 0 Å². The minimum Gasteiger partial charge on any atom is -0.492 e. The van der Waals surface area contributed by atoms with Gasteiger partial charge in [0.1, 0.15) is 18.1 Å². The Kier molecular flexibility index (Phi) is 5.68. The fourth-order valence-corrected chi connectivity index (χ4v) is 3.44. The first-order chi connectivity index (χ1) is 14.5. The Morgan fingerprint density at radius 1 is 1.07 bits per heavy atom. The van der Waals surface area contributed by atoms with Gasteiger partial charge in [-0.25, -0.2) is 9.67 Å². The summed E-state index contributed by atoms with van der Waals surface area (Å²) in [6.07, 6.45) is 0. The van der Waals surface area contributed by atoms with E-state index >= 15 is 0 Å². The molecule has 0 unspecified atom stereocenters. The lowest BCUT2D eigenvalue weighted by atomic mass is 10.1. The van der Waals surface area contributed by atoms with Crippen LogP contribution >= 0.6 is 11.6 Å². The Morgan fingerprint density at radius 3 is 2.63 bits per heavy atom. The first-order valence-corrected chi connectivity index (χ1v) is 9.99. The van der Waals surface area contributed by atoms with E-state index in [0.717, 1.165) is 27.9 Å². The summed E-state index contributed by atoms with van der Waals surface area (Å²) < 4.78 is 7.45. The summed E-state index contributed by atoms with van der Waals surface area (Å²) in [5, 5.41) is 9.75. The molecule has 1 amide bonds. The van der Waals surface area contributed by atoms with Gasteiger partial charge in [0, 0.05) is 5.69 Å². The summed E-state index contributed by atoms with van der Waals surface area (Å²) in [5.41, 5.74) is 1.96. The molecule has 2 aromatic heterocycles. The second-order valence-corrected chi connectivity index (χ2v) is 7.36. The molecule has 1 N–H and O–H groups in total. The zero-order chi connectivity index (χ0) is 21.1. The molecule has 7 heteroatoms. The SMILES string of the molecule is Cc1cc(C)n(-c2ccc(Cl)c(C(=O)NCCOc3ccc4ccccc4c3)n2)n1. The van der Waals surface area contributed by atoms with Crippen molar-refractivity contribution >= 4 is 28.3 Å². The molecular formula is C23H21ClN4O2. The van der Waals surface area contributed by atoms with E-state index in [4.69, 9.17) is 16.3 Å². The lowest BCUT2D eigenvalue weighted by molar-refractivity contribution is 0.0942. The van der Waals surface area contributed by atoms with Crippen LogP contribution in [0.1, 0.15) is 21.9 Å². The molecule has 4 aromatic rings. The number of nitrogens with zero attached hydrogens (tertiary/aromatic N) is 3. The predicted molar refractivity (Wildman–Crippen MR) is 118 cm³/mol. The Balaban J connectivity index is 1.38. The van der Waals surface area contributed by atoms with Crippen molar-refractivity contribution in [2.45, 2.75) is 13.8 Å². The molecule has 30 heavy (non-hydrogen) atoms. The first-order valence-electron chi connectivity index (χ1n) is 9.61. The molecule has 6 nitrogen and oxygen atoms in total. The van der Waals surface area contributed by atoms with Crippen molar-refractivity contribution in [3.8, 4) is 11.6 Å². The van der Waals surface area contributed by atoms with E-state index in [1.165, 1.54) is 0 Å². The minimum atomic E-state index is -0.356. The van der Waals surface area contributed by atoms with E-state index < -0.39 is 0 Å². The number of amides is 1. The van der Waals surface area contributed by atoms with E-state index in [-0.39, 0.29) is 16.6 Å². The molecular weight excluding hydrogens is 400 g/mol. The summed E-state index contributed by atoms with van der Waals surface area (Å²) in [5.74, 6) is 0.943. The molecule has 2 aromatic carbocycles. The zero-order valence-corrected chi connectivity index (χ0v) is 17.5. The number of aromatic nitrogens is 3. The molecule has 0 saturated carbocycles. The van der Waals surface area contributed by atoms with Crippen LogP contribution in [-0.4, -0.2) is 33.8 Å². The Bertz CT molecular complexity index is 1220. The minimum absolute atomic E-state index is 0.160. The summed E-state index contributed by atoms with van der Waals surface area (Å²) in [6.45, 7) is 4.50. The van der Waals surface area contributed by atoms with Gasteiger partial charge in [-0.05, 0) is 55.0 Å². The quantitative estimate of drug-likeness (QED) is 0.466. The van der Waals surface area contributed by atoms with E-state index in [1.54, 1.807) is 16.8 Å². The normalized spacial score (nSPS) is 10.9. The maximum absolute atomic E-state index is 12.6. The van der Waals surface area contributed by atoms with E-state index in [9.17, 15) is 4.79 Å². The monoisotopic (exact) mass is 420 g/mol. The van der Waals surface area contributed by atoms with Gasteiger partial charge in [0.25, 0.3) is 5.91 Å². The molecule has 0 fully saturated rings. The van der Waals surface area contributed by atoms with Crippen LogP contribution in [0.25, 0.3) is 16.6 Å². The molecule has 0 aliphatic rings. The van der Waals surface area contributed by atoms with Crippen LogP contribution in [0.15, 0.2) is 60.7 Å². The van der Waals surface area contributed by atoms with Gasteiger partial charge in [-0.1, -0.05) is 41.9 Å². The number of nitrogens with one attached hydrogen (secondary N) is 1. The molecule has 0 aliphatic carbocycles. The number of hydrogen-bond donors (Lipinski definition) is 1. The summed E-state index contributed by atoms with van der Waals surface area (Å²) in [6, 6.07) is 19.3. The molecule has 0 bridgehead atoms. The van der Waals surface area contributed by atoms with Crippen molar-refractivity contribution in [3.05, 3.63) is 82.8 Å². The van der Waals surface area contributed by atoms with Crippen molar-refractivity contribution in [2.24, 2.45) is 0 Å². The number of halogens is 1. The molecule has 0 spiro atoms. The van der Waals surface area contributed by atoms with Crippen LogP contribution in [-0.2, 0) is 0 Å². The number of rotatable bonds is 6. The van der Waals surface area contributed by atoms with Crippen molar-refractivity contribution in [3.63, 3.8) is 0 Å². The van der Waals surface area contributed by atoms with Crippen molar-refractivity contribution in [1.82, 2.24) is 20.1 Å². The molecule has 152 valence electrons. The van der Waals surface area contributed by atoms with Gasteiger partial charge in [0.05, 0.1) is 17.3 Å². The lowest BCUT2D eigenvalue weighted by Gasteiger charge is -2.10. The number of ether oxygens (including phenoxy) is 1. The zero-order valence-electron chi connectivity index (χ0n) is 16.7. The Labute approximate surface area is 179 Å². The Hall–Kier alpha value is -3.38. The third-order valence-electron chi connectivity index (χ3n) is 4.65. The number of carbonyl (C=O) groups is 1. The average molecular weight is 421 g/mol. The topological polar surface area (TPSA) is 69.0 Å². The van der Waals surface area contributed by atoms with Gasteiger partial charge in [-0.3, -0.25) is 4.79 Å². The summed E-state index contributed by atoms with van der Waals surface area (Å²) in [4.78, 5) is 17.0. The third kappa shape index (κ3) is 4.28. The fraction of sp³-hybridized carbons (Fsp3) is 0.174. The highest BCUT2D eigenvalue weighted by Gasteiger charge is 2.15. The maximum atomic E-state index is 12.6. The van der Waals surface area contributed by atoms with Crippen molar-refractivity contribution in [2.75, 3.05) is 13.2 Å². The largest absolute Gasteiger partial charge is 0.492 e. The van der Waals surface area contributed by atoms with Crippen LogP contribution in [0.3, 0.4) is 0 Å².